The minimum atomic E-state index is -0.916. The van der Waals surface area contributed by atoms with Gasteiger partial charge in [0.25, 0.3) is 0 Å². The van der Waals surface area contributed by atoms with E-state index in [1.807, 2.05) is 0 Å². The van der Waals surface area contributed by atoms with Gasteiger partial charge in [0, 0.05) is 15.6 Å². The van der Waals surface area contributed by atoms with E-state index in [0.29, 0.717) is 15.6 Å². The Balaban J connectivity index is 2.40. The van der Waals surface area contributed by atoms with E-state index in [0.717, 1.165) is 0 Å². The molecule has 0 amide bonds. The van der Waals surface area contributed by atoms with E-state index >= 15 is 0 Å². The summed E-state index contributed by atoms with van der Waals surface area (Å²) in [5.41, 5.74) is 3.49. The maximum atomic E-state index is 14.1. The van der Waals surface area contributed by atoms with Crippen LogP contribution in [-0.4, -0.2) is 0 Å². The zero-order chi connectivity index (χ0) is 15.6. The van der Waals surface area contributed by atoms with Crippen LogP contribution in [0.4, 0.5) is 8.78 Å². The van der Waals surface area contributed by atoms with Crippen molar-refractivity contribution in [3.05, 3.63) is 68.7 Å². The molecule has 6 heteroatoms. The Bertz CT molecular complexity index is 642. The minimum Gasteiger partial charge on any atom is -0.271 e. The number of benzene rings is 2. The Labute approximate surface area is 131 Å². The molecular weight excluding hydrogens is 317 g/mol. The molecule has 0 saturated heterocycles. The van der Waals surface area contributed by atoms with Gasteiger partial charge in [-0.15, -0.1) is 0 Å². The fraction of sp³-hybridized carbons (Fsp3) is 0.200. The largest absolute Gasteiger partial charge is 0.271 e. The van der Waals surface area contributed by atoms with E-state index in [9.17, 15) is 8.78 Å². The third-order valence-electron chi connectivity index (χ3n) is 3.35. The van der Waals surface area contributed by atoms with Gasteiger partial charge >= 0.3 is 0 Å². The number of rotatable bonds is 4. The molecule has 0 bridgehead atoms. The molecule has 0 heterocycles. The van der Waals surface area contributed by atoms with Crippen LogP contribution in [0.2, 0.25) is 10.0 Å². The summed E-state index contributed by atoms with van der Waals surface area (Å²) < 4.78 is 27.8. The summed E-state index contributed by atoms with van der Waals surface area (Å²) in [5, 5.41) is 0.909. The summed E-state index contributed by atoms with van der Waals surface area (Å²) in [7, 11) is 0. The predicted octanol–water partition coefficient (Wildman–Crippen LogP) is 4.33. The SMILES string of the molecule is Cc1ccc(C(Cc2c(Cl)cccc2Cl)NN)c(F)c1F. The highest BCUT2D eigenvalue weighted by Crippen LogP contribution is 2.30. The maximum absolute atomic E-state index is 14.1. The van der Waals surface area contributed by atoms with Crippen molar-refractivity contribution in [2.24, 2.45) is 5.84 Å². The molecule has 0 radical (unpaired) electrons. The van der Waals surface area contributed by atoms with Crippen molar-refractivity contribution < 1.29 is 8.78 Å². The van der Waals surface area contributed by atoms with Crippen molar-refractivity contribution in [1.29, 1.82) is 0 Å². The van der Waals surface area contributed by atoms with Crippen LogP contribution in [0.15, 0.2) is 30.3 Å². The average Bonchev–Trinajstić information content (AvgIpc) is 2.46. The quantitative estimate of drug-likeness (QED) is 0.647. The highest BCUT2D eigenvalue weighted by molar-refractivity contribution is 6.36. The lowest BCUT2D eigenvalue weighted by atomic mass is 9.97. The van der Waals surface area contributed by atoms with Gasteiger partial charge in [0.15, 0.2) is 11.6 Å². The highest BCUT2D eigenvalue weighted by atomic mass is 35.5. The van der Waals surface area contributed by atoms with Crippen LogP contribution in [0.3, 0.4) is 0 Å². The van der Waals surface area contributed by atoms with Crippen molar-refractivity contribution in [1.82, 2.24) is 5.43 Å². The molecule has 0 aliphatic heterocycles. The van der Waals surface area contributed by atoms with Crippen molar-refractivity contribution in [3.8, 4) is 0 Å². The summed E-state index contributed by atoms with van der Waals surface area (Å²) in [6, 6.07) is 7.45. The van der Waals surface area contributed by atoms with Crippen LogP contribution in [0.5, 0.6) is 0 Å². The third-order valence-corrected chi connectivity index (χ3v) is 4.06. The number of hydrogen-bond donors (Lipinski definition) is 2. The van der Waals surface area contributed by atoms with Crippen LogP contribution in [0, 0.1) is 18.6 Å². The van der Waals surface area contributed by atoms with E-state index in [2.05, 4.69) is 5.43 Å². The van der Waals surface area contributed by atoms with Gasteiger partial charge in [-0.2, -0.15) is 0 Å². The average molecular weight is 331 g/mol. The van der Waals surface area contributed by atoms with E-state index in [-0.39, 0.29) is 17.5 Å². The van der Waals surface area contributed by atoms with Crippen molar-refractivity contribution in [2.45, 2.75) is 19.4 Å². The van der Waals surface area contributed by atoms with Gasteiger partial charge in [-0.1, -0.05) is 41.4 Å². The van der Waals surface area contributed by atoms with Crippen LogP contribution in [-0.2, 0) is 6.42 Å². The Hall–Kier alpha value is -1.20. The van der Waals surface area contributed by atoms with Gasteiger partial charge in [0.1, 0.15) is 0 Å². The molecule has 2 nitrogen and oxygen atoms in total. The lowest BCUT2D eigenvalue weighted by Gasteiger charge is -2.19. The molecule has 0 aliphatic carbocycles. The molecular formula is C15H14Cl2F2N2. The van der Waals surface area contributed by atoms with Gasteiger partial charge in [-0.3, -0.25) is 11.3 Å². The molecule has 3 N–H and O–H groups in total. The third kappa shape index (κ3) is 3.35. The van der Waals surface area contributed by atoms with E-state index in [4.69, 9.17) is 29.0 Å². The first-order valence-electron chi connectivity index (χ1n) is 6.29. The topological polar surface area (TPSA) is 38.0 Å². The zero-order valence-corrected chi connectivity index (χ0v) is 12.8. The second-order valence-corrected chi connectivity index (χ2v) is 5.54. The number of aryl methyl sites for hydroxylation is 1. The maximum Gasteiger partial charge on any atom is 0.163 e. The fourth-order valence-corrected chi connectivity index (χ4v) is 2.67. The normalized spacial score (nSPS) is 12.5. The molecule has 2 aromatic carbocycles. The number of halogens is 4. The molecule has 0 aromatic heterocycles. The summed E-state index contributed by atoms with van der Waals surface area (Å²) >= 11 is 12.2. The van der Waals surface area contributed by atoms with E-state index in [1.54, 1.807) is 18.2 Å². The molecule has 21 heavy (non-hydrogen) atoms. The first-order valence-corrected chi connectivity index (χ1v) is 7.04. The van der Waals surface area contributed by atoms with Crippen LogP contribution < -0.4 is 11.3 Å². The van der Waals surface area contributed by atoms with Gasteiger partial charge in [0.2, 0.25) is 0 Å². The zero-order valence-electron chi connectivity index (χ0n) is 11.3. The monoisotopic (exact) mass is 330 g/mol. The summed E-state index contributed by atoms with van der Waals surface area (Å²) in [6.45, 7) is 1.50. The minimum absolute atomic E-state index is 0.136. The van der Waals surface area contributed by atoms with Crippen LogP contribution >= 0.6 is 23.2 Å². The number of nitrogens with one attached hydrogen (secondary N) is 1. The second-order valence-electron chi connectivity index (χ2n) is 4.72. The van der Waals surface area contributed by atoms with E-state index in [1.165, 1.54) is 19.1 Å². The number of hydrogen-bond acceptors (Lipinski definition) is 2. The Kier molecular flexibility index (Phi) is 5.17. The van der Waals surface area contributed by atoms with Crippen molar-refractivity contribution in [3.63, 3.8) is 0 Å². The molecule has 0 aliphatic rings. The van der Waals surface area contributed by atoms with Gasteiger partial charge in [-0.05, 0) is 36.6 Å². The van der Waals surface area contributed by atoms with Gasteiger partial charge in [-0.25, -0.2) is 8.78 Å². The Morgan fingerprint density at radius 1 is 1.10 bits per heavy atom. The molecule has 2 rings (SSSR count). The smallest absolute Gasteiger partial charge is 0.163 e. The van der Waals surface area contributed by atoms with Gasteiger partial charge in [0.05, 0.1) is 6.04 Å². The molecule has 0 fully saturated rings. The fourth-order valence-electron chi connectivity index (χ4n) is 2.12. The number of hydrazine groups is 1. The lowest BCUT2D eigenvalue weighted by molar-refractivity contribution is 0.461. The molecule has 1 unspecified atom stereocenters. The molecule has 112 valence electrons. The van der Waals surface area contributed by atoms with E-state index < -0.39 is 17.7 Å². The summed E-state index contributed by atoms with van der Waals surface area (Å²) in [5.74, 6) is 3.69. The molecule has 2 aromatic rings. The lowest BCUT2D eigenvalue weighted by Crippen LogP contribution is -2.30. The molecule has 0 saturated carbocycles. The summed E-state index contributed by atoms with van der Waals surface area (Å²) in [4.78, 5) is 0. The van der Waals surface area contributed by atoms with Crippen molar-refractivity contribution >= 4 is 23.2 Å². The second kappa shape index (κ2) is 6.71. The summed E-state index contributed by atoms with van der Waals surface area (Å²) in [6.07, 6.45) is 0.244. The van der Waals surface area contributed by atoms with Crippen LogP contribution in [0.1, 0.15) is 22.7 Å². The molecule has 0 spiro atoms. The van der Waals surface area contributed by atoms with Crippen molar-refractivity contribution in [2.75, 3.05) is 0 Å². The Morgan fingerprint density at radius 2 is 1.71 bits per heavy atom. The Morgan fingerprint density at radius 3 is 2.29 bits per heavy atom. The predicted molar refractivity (Wildman–Crippen MR) is 81.3 cm³/mol. The highest BCUT2D eigenvalue weighted by Gasteiger charge is 2.21. The first-order chi connectivity index (χ1) is 9.95. The standard InChI is InChI=1S/C15H14Cl2F2N2/c1-8-5-6-9(15(19)14(8)18)13(21-20)7-10-11(16)3-2-4-12(10)17/h2-6,13,21H,7,20H2,1H3. The van der Waals surface area contributed by atoms with Gasteiger partial charge < -0.3 is 0 Å². The van der Waals surface area contributed by atoms with Crippen LogP contribution in [0.25, 0.3) is 0 Å². The first kappa shape index (κ1) is 16.2. The molecule has 1 atom stereocenters. The number of nitrogens with two attached hydrogens (primary N) is 1.